The highest BCUT2D eigenvalue weighted by Crippen LogP contribution is 2.32. The third-order valence-corrected chi connectivity index (χ3v) is 3.15. The van der Waals surface area contributed by atoms with Gasteiger partial charge in [-0.1, -0.05) is 30.3 Å². The number of carbonyl (C=O) groups is 1. The molecule has 2 unspecified atom stereocenters. The minimum absolute atomic E-state index is 0.0118. The first-order valence-corrected chi connectivity index (χ1v) is 6.67. The molecule has 0 radical (unpaired) electrons. The van der Waals surface area contributed by atoms with E-state index in [2.05, 4.69) is 0 Å². The molecular formula is C15H22N2O2. The van der Waals surface area contributed by atoms with Gasteiger partial charge in [0.1, 0.15) is 5.60 Å². The van der Waals surface area contributed by atoms with Crippen molar-refractivity contribution in [1.29, 1.82) is 0 Å². The van der Waals surface area contributed by atoms with Crippen LogP contribution < -0.4 is 5.73 Å². The van der Waals surface area contributed by atoms with Crippen LogP contribution >= 0.6 is 0 Å². The normalized spacial score (nSPS) is 23.5. The third kappa shape index (κ3) is 3.47. The fraction of sp³-hybridized carbons (Fsp3) is 0.533. The highest BCUT2D eigenvalue weighted by molar-refractivity contribution is 5.69. The van der Waals surface area contributed by atoms with Crippen LogP contribution in [-0.4, -0.2) is 29.2 Å². The summed E-state index contributed by atoms with van der Waals surface area (Å²) in [5, 5.41) is 0. The molecule has 2 N–H and O–H groups in total. The van der Waals surface area contributed by atoms with Gasteiger partial charge in [0.15, 0.2) is 0 Å². The molecule has 0 aliphatic carbocycles. The summed E-state index contributed by atoms with van der Waals surface area (Å²) in [6.07, 6.45) is 0.498. The molecule has 1 aliphatic rings. The van der Waals surface area contributed by atoms with E-state index in [0.717, 1.165) is 12.0 Å². The topological polar surface area (TPSA) is 55.6 Å². The zero-order valence-electron chi connectivity index (χ0n) is 11.8. The van der Waals surface area contributed by atoms with Gasteiger partial charge in [-0.3, -0.25) is 4.90 Å². The third-order valence-electron chi connectivity index (χ3n) is 3.15. The van der Waals surface area contributed by atoms with Gasteiger partial charge in [0.2, 0.25) is 0 Å². The Balaban J connectivity index is 2.16. The molecule has 19 heavy (non-hydrogen) atoms. The van der Waals surface area contributed by atoms with Crippen LogP contribution in [0, 0.1) is 0 Å². The Bertz CT molecular complexity index is 439. The molecule has 2 atom stereocenters. The predicted molar refractivity (Wildman–Crippen MR) is 74.7 cm³/mol. The average molecular weight is 262 g/mol. The zero-order valence-corrected chi connectivity index (χ0v) is 11.8. The molecule has 0 saturated carbocycles. The summed E-state index contributed by atoms with van der Waals surface area (Å²) in [7, 11) is 0. The van der Waals surface area contributed by atoms with Crippen LogP contribution in [0.2, 0.25) is 0 Å². The first-order chi connectivity index (χ1) is 8.87. The predicted octanol–water partition coefficient (Wildman–Crippen LogP) is 2.70. The van der Waals surface area contributed by atoms with Crippen LogP contribution in [0.5, 0.6) is 0 Å². The zero-order chi connectivity index (χ0) is 14.0. The van der Waals surface area contributed by atoms with Crippen molar-refractivity contribution in [3.8, 4) is 0 Å². The van der Waals surface area contributed by atoms with Crippen molar-refractivity contribution in [2.45, 2.75) is 44.9 Å². The number of ether oxygens (including phenoxy) is 1. The highest BCUT2D eigenvalue weighted by atomic mass is 16.6. The minimum Gasteiger partial charge on any atom is -0.444 e. The molecule has 1 fully saturated rings. The van der Waals surface area contributed by atoms with E-state index >= 15 is 0 Å². The maximum Gasteiger partial charge on any atom is 0.410 e. The first-order valence-electron chi connectivity index (χ1n) is 6.67. The standard InChI is InChI=1S/C15H22N2O2/c1-15(2,3)19-14(18)17-10-12(16)9-13(17)11-7-5-4-6-8-11/h4-8,12-13H,9-10,16H2,1-3H3. The molecule has 1 heterocycles. The Hall–Kier alpha value is -1.55. The second-order valence-corrected chi connectivity index (χ2v) is 6.05. The van der Waals surface area contributed by atoms with Gasteiger partial charge in [0, 0.05) is 12.6 Å². The van der Waals surface area contributed by atoms with Crippen molar-refractivity contribution in [1.82, 2.24) is 4.90 Å². The fourth-order valence-electron chi connectivity index (χ4n) is 2.38. The van der Waals surface area contributed by atoms with Crippen LogP contribution in [0.4, 0.5) is 4.79 Å². The number of rotatable bonds is 1. The van der Waals surface area contributed by atoms with Crippen LogP contribution in [0.15, 0.2) is 30.3 Å². The molecule has 4 heteroatoms. The van der Waals surface area contributed by atoms with E-state index in [-0.39, 0.29) is 18.2 Å². The molecule has 2 rings (SSSR count). The van der Waals surface area contributed by atoms with Crippen molar-refractivity contribution >= 4 is 6.09 Å². The molecule has 1 saturated heterocycles. The molecule has 1 aromatic rings. The van der Waals surface area contributed by atoms with Crippen molar-refractivity contribution < 1.29 is 9.53 Å². The van der Waals surface area contributed by atoms with Gasteiger partial charge in [-0.05, 0) is 32.8 Å². The lowest BCUT2D eigenvalue weighted by Gasteiger charge is -2.28. The van der Waals surface area contributed by atoms with Crippen LogP contribution in [0.25, 0.3) is 0 Å². The number of amides is 1. The second kappa shape index (κ2) is 5.21. The van der Waals surface area contributed by atoms with E-state index in [1.165, 1.54) is 0 Å². The lowest BCUT2D eigenvalue weighted by atomic mass is 10.0. The molecule has 104 valence electrons. The summed E-state index contributed by atoms with van der Waals surface area (Å²) in [6.45, 7) is 6.17. The summed E-state index contributed by atoms with van der Waals surface area (Å²) >= 11 is 0. The maximum absolute atomic E-state index is 12.2. The number of nitrogens with two attached hydrogens (primary N) is 1. The Labute approximate surface area is 114 Å². The molecular weight excluding hydrogens is 240 g/mol. The number of hydrogen-bond acceptors (Lipinski definition) is 3. The molecule has 0 aromatic heterocycles. The second-order valence-electron chi connectivity index (χ2n) is 6.05. The van der Waals surface area contributed by atoms with Gasteiger partial charge in [-0.2, -0.15) is 0 Å². The van der Waals surface area contributed by atoms with E-state index in [4.69, 9.17) is 10.5 Å². The summed E-state index contributed by atoms with van der Waals surface area (Å²) in [5.41, 5.74) is 6.64. The summed E-state index contributed by atoms with van der Waals surface area (Å²) in [5.74, 6) is 0. The van der Waals surface area contributed by atoms with Gasteiger partial charge in [-0.15, -0.1) is 0 Å². The van der Waals surface area contributed by atoms with E-state index in [0.29, 0.717) is 6.54 Å². The number of likely N-dealkylation sites (tertiary alicyclic amines) is 1. The Morgan fingerprint density at radius 2 is 1.95 bits per heavy atom. The smallest absolute Gasteiger partial charge is 0.410 e. The van der Waals surface area contributed by atoms with E-state index in [1.54, 1.807) is 4.90 Å². The number of benzene rings is 1. The highest BCUT2D eigenvalue weighted by Gasteiger charge is 2.36. The van der Waals surface area contributed by atoms with Crippen molar-refractivity contribution in [3.63, 3.8) is 0 Å². The first kappa shape index (κ1) is 13.9. The van der Waals surface area contributed by atoms with Crippen molar-refractivity contribution in [2.24, 2.45) is 5.73 Å². The summed E-state index contributed by atoms with van der Waals surface area (Å²) in [4.78, 5) is 14.0. The SMILES string of the molecule is CC(C)(C)OC(=O)N1CC(N)CC1c1ccccc1. The Morgan fingerprint density at radius 3 is 2.53 bits per heavy atom. The quantitative estimate of drug-likeness (QED) is 0.846. The molecule has 1 aliphatic heterocycles. The Kier molecular flexibility index (Phi) is 3.80. The molecule has 0 spiro atoms. The molecule has 0 bridgehead atoms. The lowest BCUT2D eigenvalue weighted by Crippen LogP contribution is -2.38. The van der Waals surface area contributed by atoms with E-state index in [1.807, 2.05) is 51.1 Å². The summed E-state index contributed by atoms with van der Waals surface area (Å²) in [6, 6.07) is 10.0. The molecule has 1 amide bonds. The Morgan fingerprint density at radius 1 is 1.32 bits per heavy atom. The number of hydrogen-bond donors (Lipinski definition) is 1. The van der Waals surface area contributed by atoms with Gasteiger partial charge in [0.05, 0.1) is 6.04 Å². The van der Waals surface area contributed by atoms with Crippen LogP contribution in [0.1, 0.15) is 38.8 Å². The van der Waals surface area contributed by atoms with Crippen molar-refractivity contribution in [2.75, 3.05) is 6.54 Å². The van der Waals surface area contributed by atoms with Gasteiger partial charge in [-0.25, -0.2) is 4.79 Å². The molecule has 4 nitrogen and oxygen atoms in total. The van der Waals surface area contributed by atoms with Crippen LogP contribution in [0.3, 0.4) is 0 Å². The molecule has 1 aromatic carbocycles. The van der Waals surface area contributed by atoms with Crippen molar-refractivity contribution in [3.05, 3.63) is 35.9 Å². The van der Waals surface area contributed by atoms with E-state index in [9.17, 15) is 4.79 Å². The average Bonchev–Trinajstić information content (AvgIpc) is 2.70. The van der Waals surface area contributed by atoms with Crippen LogP contribution in [-0.2, 0) is 4.74 Å². The largest absolute Gasteiger partial charge is 0.444 e. The monoisotopic (exact) mass is 262 g/mol. The number of carbonyl (C=O) groups excluding carboxylic acids is 1. The van der Waals surface area contributed by atoms with Gasteiger partial charge >= 0.3 is 6.09 Å². The van der Waals surface area contributed by atoms with E-state index < -0.39 is 5.60 Å². The lowest BCUT2D eigenvalue weighted by molar-refractivity contribution is 0.0223. The van der Waals surface area contributed by atoms with Gasteiger partial charge in [0.25, 0.3) is 0 Å². The minimum atomic E-state index is -0.481. The summed E-state index contributed by atoms with van der Waals surface area (Å²) < 4.78 is 5.45. The van der Waals surface area contributed by atoms with Gasteiger partial charge < -0.3 is 10.5 Å². The maximum atomic E-state index is 12.2. The fourth-order valence-corrected chi connectivity index (χ4v) is 2.38. The number of nitrogens with zero attached hydrogens (tertiary/aromatic N) is 1.